The zero-order valence-corrected chi connectivity index (χ0v) is 14.7. The third-order valence-electron chi connectivity index (χ3n) is 4.17. The molecule has 156 valence electrons. The molecule has 1 aliphatic rings. The van der Waals surface area contributed by atoms with E-state index in [-0.39, 0.29) is 0 Å². The first kappa shape index (κ1) is 23.7. The largest absolute Gasteiger partial charge is 0.396 e. The van der Waals surface area contributed by atoms with Crippen molar-refractivity contribution in [2.24, 2.45) is 5.92 Å². The van der Waals surface area contributed by atoms with Gasteiger partial charge in [-0.2, -0.15) is 0 Å². The Balaban J connectivity index is 2.98. The lowest BCUT2D eigenvalue weighted by molar-refractivity contribution is -0.324. The third kappa shape index (κ3) is 5.37. The van der Waals surface area contributed by atoms with Crippen LogP contribution in [0.3, 0.4) is 0 Å². The molecule has 1 saturated heterocycles. The van der Waals surface area contributed by atoms with E-state index >= 15 is 0 Å². The second kappa shape index (κ2) is 10.3. The summed E-state index contributed by atoms with van der Waals surface area (Å²) in [6, 6.07) is 0. The Labute approximate surface area is 151 Å². The topological polar surface area (TPSA) is 218 Å². The molecule has 0 amide bonds. The van der Waals surface area contributed by atoms with Gasteiger partial charge in [0, 0.05) is 12.5 Å². The summed E-state index contributed by atoms with van der Waals surface area (Å²) in [7, 11) is 0. The van der Waals surface area contributed by atoms with Crippen molar-refractivity contribution in [1.29, 1.82) is 0 Å². The van der Waals surface area contributed by atoms with Crippen LogP contribution in [0.15, 0.2) is 0 Å². The summed E-state index contributed by atoms with van der Waals surface area (Å²) >= 11 is -2.88. The Morgan fingerprint density at radius 2 is 1.62 bits per heavy atom. The van der Waals surface area contributed by atoms with Gasteiger partial charge in [0.2, 0.25) is 0 Å². The maximum atomic E-state index is 10.9. The fourth-order valence-electron chi connectivity index (χ4n) is 2.47. The van der Waals surface area contributed by atoms with E-state index in [1.165, 1.54) is 6.92 Å². The second-order valence-electron chi connectivity index (χ2n) is 6.11. The molecule has 0 aliphatic carbocycles. The van der Waals surface area contributed by atoms with Gasteiger partial charge < -0.3 is 54.9 Å². The number of hydrogen-bond acceptors (Lipinski definition) is 11. The third-order valence-corrected chi connectivity index (χ3v) is 4.87. The number of hydrogen-bond donors (Lipinski definition) is 9. The Bertz CT molecular complexity index is 451. The normalized spacial score (nSPS) is 36.8. The molecule has 0 spiro atoms. The van der Waals surface area contributed by atoms with Crippen molar-refractivity contribution in [1.82, 2.24) is 0 Å². The lowest BCUT2D eigenvalue weighted by Crippen LogP contribution is -2.61. The SMILES string of the molecule is CC(CO)[C@@H](O[C@H]1OC(CO)[C@@H](O)[C@H](O)[C@@H]1O)[C@H](O)[C@@H](O)[C@@H](O)S(=O)O. The van der Waals surface area contributed by atoms with E-state index in [0.717, 1.165) is 0 Å². The summed E-state index contributed by atoms with van der Waals surface area (Å²) < 4.78 is 30.1. The van der Waals surface area contributed by atoms with E-state index in [2.05, 4.69) is 0 Å². The van der Waals surface area contributed by atoms with Gasteiger partial charge in [-0.05, 0) is 0 Å². The smallest absolute Gasteiger partial charge is 0.187 e. The molecule has 3 unspecified atom stereocenters. The van der Waals surface area contributed by atoms with Gasteiger partial charge >= 0.3 is 0 Å². The standard InChI is InChI=1S/C13H26O12S/c1-4(2-14)11(8(18)9(19)12(21)26(22)23)25-13-10(20)7(17)6(16)5(3-15)24-13/h4-21H,2-3H2,1H3,(H,22,23)/t4?,5?,6-,7+,8-,9-,10+,11-,12+,13-/m1/s1. The molecule has 0 aromatic rings. The van der Waals surface area contributed by atoms with Crippen molar-refractivity contribution >= 4 is 11.1 Å². The summed E-state index contributed by atoms with van der Waals surface area (Å²) in [5, 5.41) is 77.3. The van der Waals surface area contributed by atoms with Crippen LogP contribution in [0.2, 0.25) is 0 Å². The molecule has 0 radical (unpaired) electrons. The van der Waals surface area contributed by atoms with E-state index < -0.39 is 84.7 Å². The van der Waals surface area contributed by atoms with Crippen LogP contribution in [0.25, 0.3) is 0 Å². The molecule has 0 saturated carbocycles. The average molecular weight is 406 g/mol. The molecule has 9 N–H and O–H groups in total. The van der Waals surface area contributed by atoms with Crippen molar-refractivity contribution in [2.75, 3.05) is 13.2 Å². The van der Waals surface area contributed by atoms with Crippen LogP contribution in [-0.2, 0) is 20.6 Å². The van der Waals surface area contributed by atoms with Gasteiger partial charge in [-0.3, -0.25) is 0 Å². The second-order valence-corrected chi connectivity index (χ2v) is 7.14. The molecule has 13 heteroatoms. The molecule has 1 aliphatic heterocycles. The Kier molecular flexibility index (Phi) is 9.42. The molecule has 0 aromatic heterocycles. The first-order valence-electron chi connectivity index (χ1n) is 7.77. The van der Waals surface area contributed by atoms with Gasteiger partial charge in [0.1, 0.15) is 36.6 Å². The van der Waals surface area contributed by atoms with E-state index in [9.17, 15) is 40.0 Å². The van der Waals surface area contributed by atoms with Crippen LogP contribution in [0.1, 0.15) is 6.92 Å². The molecule has 26 heavy (non-hydrogen) atoms. The fourth-order valence-corrected chi connectivity index (χ4v) is 2.87. The van der Waals surface area contributed by atoms with Crippen molar-refractivity contribution in [3.05, 3.63) is 0 Å². The summed E-state index contributed by atoms with van der Waals surface area (Å²) in [5.41, 5.74) is -2.24. The molecule has 0 aromatic carbocycles. The molecule has 1 heterocycles. The van der Waals surface area contributed by atoms with Crippen molar-refractivity contribution in [3.63, 3.8) is 0 Å². The summed E-state index contributed by atoms with van der Waals surface area (Å²) in [5.74, 6) is -0.911. The van der Waals surface area contributed by atoms with Crippen molar-refractivity contribution in [2.45, 2.75) is 61.4 Å². The molecule has 11 atom stereocenters. The molecule has 1 rings (SSSR count). The minimum Gasteiger partial charge on any atom is -0.396 e. The monoisotopic (exact) mass is 406 g/mol. The van der Waals surface area contributed by atoms with E-state index in [1.807, 2.05) is 0 Å². The van der Waals surface area contributed by atoms with Gasteiger partial charge in [-0.25, -0.2) is 4.21 Å². The molecular weight excluding hydrogens is 380 g/mol. The van der Waals surface area contributed by atoms with Crippen molar-refractivity contribution in [3.8, 4) is 0 Å². The Hall–Kier alpha value is -0.290. The van der Waals surface area contributed by atoms with Crippen LogP contribution >= 0.6 is 0 Å². The quantitative estimate of drug-likeness (QED) is 0.165. The Morgan fingerprint density at radius 1 is 1.04 bits per heavy atom. The number of aliphatic hydroxyl groups is 8. The lowest BCUT2D eigenvalue weighted by atomic mass is 9.95. The summed E-state index contributed by atoms with van der Waals surface area (Å²) in [6.07, 6.45) is -13.8. The van der Waals surface area contributed by atoms with Gasteiger partial charge in [0.15, 0.2) is 22.8 Å². The first-order chi connectivity index (χ1) is 12.1. The van der Waals surface area contributed by atoms with Crippen LogP contribution in [-0.4, -0.2) is 117 Å². The summed E-state index contributed by atoms with van der Waals surface area (Å²) in [6.45, 7) is 0.0650. The highest BCUT2D eigenvalue weighted by molar-refractivity contribution is 7.79. The minimum absolute atomic E-state index is 0.579. The maximum Gasteiger partial charge on any atom is 0.187 e. The highest BCUT2D eigenvalue weighted by Gasteiger charge is 2.47. The summed E-state index contributed by atoms with van der Waals surface area (Å²) in [4.78, 5) is 0. The van der Waals surface area contributed by atoms with Crippen LogP contribution in [0.4, 0.5) is 0 Å². The van der Waals surface area contributed by atoms with Gasteiger partial charge in [-0.15, -0.1) is 0 Å². The lowest BCUT2D eigenvalue weighted by Gasteiger charge is -2.42. The van der Waals surface area contributed by atoms with Gasteiger partial charge in [-0.1, -0.05) is 6.92 Å². The zero-order chi connectivity index (χ0) is 20.2. The van der Waals surface area contributed by atoms with Crippen LogP contribution in [0, 0.1) is 5.92 Å². The fraction of sp³-hybridized carbons (Fsp3) is 1.00. The number of ether oxygens (including phenoxy) is 2. The minimum atomic E-state index is -2.88. The highest BCUT2D eigenvalue weighted by Crippen LogP contribution is 2.26. The number of aliphatic hydroxyl groups excluding tert-OH is 8. The average Bonchev–Trinajstić information content (AvgIpc) is 2.63. The van der Waals surface area contributed by atoms with Crippen LogP contribution in [0.5, 0.6) is 0 Å². The molecule has 12 nitrogen and oxygen atoms in total. The highest BCUT2D eigenvalue weighted by atomic mass is 32.2. The van der Waals surface area contributed by atoms with Gasteiger partial charge in [0.05, 0.1) is 12.7 Å². The predicted molar refractivity (Wildman–Crippen MR) is 83.7 cm³/mol. The molecule has 0 bridgehead atoms. The molecule has 1 fully saturated rings. The van der Waals surface area contributed by atoms with E-state index in [0.29, 0.717) is 0 Å². The zero-order valence-electron chi connectivity index (χ0n) is 13.8. The van der Waals surface area contributed by atoms with Gasteiger partial charge in [0.25, 0.3) is 0 Å². The van der Waals surface area contributed by atoms with Crippen LogP contribution < -0.4 is 0 Å². The maximum absolute atomic E-state index is 10.9. The molecular formula is C13H26O12S. The Morgan fingerprint density at radius 3 is 2.08 bits per heavy atom. The van der Waals surface area contributed by atoms with Crippen molar-refractivity contribution < 1.29 is 59.1 Å². The number of rotatable bonds is 9. The first-order valence-corrected chi connectivity index (χ1v) is 8.94. The van der Waals surface area contributed by atoms with E-state index in [4.69, 9.17) is 19.1 Å². The predicted octanol–water partition coefficient (Wildman–Crippen LogP) is -4.94. The van der Waals surface area contributed by atoms with E-state index in [1.54, 1.807) is 0 Å².